The zero-order chi connectivity index (χ0) is 18.6. The monoisotopic (exact) mass is 383 g/mol. The van der Waals surface area contributed by atoms with Crippen molar-refractivity contribution in [3.63, 3.8) is 0 Å². The van der Waals surface area contributed by atoms with Gasteiger partial charge in [-0.2, -0.15) is 16.3 Å². The van der Waals surface area contributed by atoms with Crippen LogP contribution in [0.2, 0.25) is 0 Å². The van der Waals surface area contributed by atoms with Gasteiger partial charge in [-0.25, -0.2) is 4.79 Å². The molecule has 0 aliphatic carbocycles. The summed E-state index contributed by atoms with van der Waals surface area (Å²) >= 11 is 1.56. The smallest absolute Gasteiger partial charge is 0.321 e. The molecular formula is C18H17N5O3S. The van der Waals surface area contributed by atoms with E-state index in [0.29, 0.717) is 36.9 Å². The minimum Gasteiger partial charge on any atom is -0.339 e. The second kappa shape index (κ2) is 7.58. The number of nitrogens with one attached hydrogen (secondary N) is 2. The average molecular weight is 383 g/mol. The molecule has 9 heteroatoms. The molecule has 3 aromatic rings. The Bertz CT molecular complexity index is 936. The van der Waals surface area contributed by atoms with Gasteiger partial charge in [-0.15, -0.1) is 0 Å². The van der Waals surface area contributed by atoms with Gasteiger partial charge in [-0.3, -0.25) is 9.69 Å². The number of urea groups is 1. The van der Waals surface area contributed by atoms with Gasteiger partial charge in [-0.1, -0.05) is 5.16 Å². The number of hydrogen-bond acceptors (Lipinski definition) is 6. The maximum Gasteiger partial charge on any atom is 0.321 e. The Labute approximate surface area is 159 Å². The number of benzene rings is 1. The van der Waals surface area contributed by atoms with Gasteiger partial charge in [0, 0.05) is 48.2 Å². The highest BCUT2D eigenvalue weighted by Gasteiger charge is 2.20. The Balaban J connectivity index is 1.30. The SMILES string of the molecule is O=C(CCc1nc(-c2ccsc2)no1)Nc1ccc(N2CCNC2=O)cc1. The molecule has 3 heterocycles. The summed E-state index contributed by atoms with van der Waals surface area (Å²) < 4.78 is 5.19. The highest BCUT2D eigenvalue weighted by molar-refractivity contribution is 7.08. The number of rotatable bonds is 6. The minimum atomic E-state index is -0.142. The molecule has 1 aromatic carbocycles. The van der Waals surface area contributed by atoms with E-state index in [0.717, 1.165) is 11.3 Å². The van der Waals surface area contributed by atoms with Crippen molar-refractivity contribution in [3.8, 4) is 11.4 Å². The number of aryl methyl sites for hydroxylation is 1. The molecule has 8 nitrogen and oxygen atoms in total. The Morgan fingerprint density at radius 3 is 2.85 bits per heavy atom. The number of carbonyl (C=O) groups is 2. The van der Waals surface area contributed by atoms with Crippen LogP contribution in [-0.2, 0) is 11.2 Å². The minimum absolute atomic E-state index is 0.104. The van der Waals surface area contributed by atoms with Crippen LogP contribution in [0, 0.1) is 0 Å². The summed E-state index contributed by atoms with van der Waals surface area (Å²) in [6, 6.07) is 8.99. The van der Waals surface area contributed by atoms with Crippen LogP contribution in [0.1, 0.15) is 12.3 Å². The molecule has 1 saturated heterocycles. The van der Waals surface area contributed by atoms with Crippen LogP contribution in [0.3, 0.4) is 0 Å². The number of hydrogen-bond donors (Lipinski definition) is 2. The summed E-state index contributed by atoms with van der Waals surface area (Å²) in [5.41, 5.74) is 2.38. The van der Waals surface area contributed by atoms with E-state index in [1.807, 2.05) is 29.0 Å². The van der Waals surface area contributed by atoms with Crippen molar-refractivity contribution in [1.29, 1.82) is 0 Å². The lowest BCUT2D eigenvalue weighted by Gasteiger charge is -2.14. The molecule has 2 N–H and O–H groups in total. The molecule has 1 aliphatic heterocycles. The number of aromatic nitrogens is 2. The highest BCUT2D eigenvalue weighted by Crippen LogP contribution is 2.21. The molecule has 1 fully saturated rings. The largest absolute Gasteiger partial charge is 0.339 e. The van der Waals surface area contributed by atoms with E-state index in [4.69, 9.17) is 4.52 Å². The van der Waals surface area contributed by atoms with Crippen LogP contribution in [0.5, 0.6) is 0 Å². The lowest BCUT2D eigenvalue weighted by molar-refractivity contribution is -0.116. The van der Waals surface area contributed by atoms with Crippen molar-refractivity contribution in [2.24, 2.45) is 0 Å². The summed E-state index contributed by atoms with van der Waals surface area (Å²) in [6.07, 6.45) is 0.608. The number of thiophene rings is 1. The van der Waals surface area contributed by atoms with Gasteiger partial charge in [0.15, 0.2) is 0 Å². The summed E-state index contributed by atoms with van der Waals surface area (Å²) in [5, 5.41) is 13.4. The van der Waals surface area contributed by atoms with Crippen molar-refractivity contribution in [2.45, 2.75) is 12.8 Å². The van der Waals surface area contributed by atoms with Gasteiger partial charge < -0.3 is 15.2 Å². The predicted molar refractivity (Wildman–Crippen MR) is 102 cm³/mol. The standard InChI is InChI=1S/C18H17N5O3S/c24-15(5-6-16-21-17(22-26-16)12-7-10-27-11-12)20-13-1-3-14(4-2-13)23-9-8-19-18(23)25/h1-4,7,10-11H,5-6,8-9H2,(H,19,25)(H,20,24). The first-order chi connectivity index (χ1) is 13.2. The van der Waals surface area contributed by atoms with E-state index < -0.39 is 0 Å². The molecule has 0 unspecified atom stereocenters. The molecule has 2 aromatic heterocycles. The number of nitrogens with zero attached hydrogens (tertiary/aromatic N) is 3. The van der Waals surface area contributed by atoms with E-state index in [1.54, 1.807) is 28.4 Å². The zero-order valence-corrected chi connectivity index (χ0v) is 15.2. The maximum absolute atomic E-state index is 12.1. The van der Waals surface area contributed by atoms with Gasteiger partial charge in [0.1, 0.15) is 0 Å². The molecule has 0 atom stereocenters. The Hall–Kier alpha value is -3.20. The third-order valence-electron chi connectivity index (χ3n) is 4.13. The summed E-state index contributed by atoms with van der Waals surface area (Å²) in [4.78, 5) is 29.8. The number of amides is 3. The van der Waals surface area contributed by atoms with E-state index in [1.165, 1.54) is 0 Å². The number of carbonyl (C=O) groups excluding carboxylic acids is 2. The normalized spacial score (nSPS) is 13.6. The molecule has 27 heavy (non-hydrogen) atoms. The van der Waals surface area contributed by atoms with E-state index in [2.05, 4.69) is 20.8 Å². The Kier molecular flexibility index (Phi) is 4.84. The fraction of sp³-hybridized carbons (Fsp3) is 0.222. The molecule has 0 radical (unpaired) electrons. The molecule has 138 valence electrons. The second-order valence-corrected chi connectivity index (χ2v) is 6.78. The van der Waals surface area contributed by atoms with Gasteiger partial charge in [0.25, 0.3) is 0 Å². The lowest BCUT2D eigenvalue weighted by Crippen LogP contribution is -2.27. The van der Waals surface area contributed by atoms with Crippen LogP contribution in [0.15, 0.2) is 45.6 Å². The molecule has 1 aliphatic rings. The maximum atomic E-state index is 12.1. The summed E-state index contributed by atoms with van der Waals surface area (Å²) in [5.74, 6) is 0.826. The molecule has 0 saturated carbocycles. The van der Waals surface area contributed by atoms with Crippen LogP contribution in [-0.4, -0.2) is 35.2 Å². The third kappa shape index (κ3) is 3.98. The van der Waals surface area contributed by atoms with Crippen molar-refractivity contribution >= 4 is 34.6 Å². The number of anilines is 2. The Morgan fingerprint density at radius 2 is 2.15 bits per heavy atom. The Morgan fingerprint density at radius 1 is 1.30 bits per heavy atom. The van der Waals surface area contributed by atoms with Crippen molar-refractivity contribution in [2.75, 3.05) is 23.3 Å². The zero-order valence-electron chi connectivity index (χ0n) is 14.3. The fourth-order valence-corrected chi connectivity index (χ4v) is 3.39. The van der Waals surface area contributed by atoms with E-state index >= 15 is 0 Å². The lowest BCUT2D eigenvalue weighted by atomic mass is 10.2. The molecule has 3 amide bonds. The molecular weight excluding hydrogens is 366 g/mol. The van der Waals surface area contributed by atoms with Gasteiger partial charge >= 0.3 is 6.03 Å². The van der Waals surface area contributed by atoms with Gasteiger partial charge in [0.2, 0.25) is 17.6 Å². The first kappa shape index (κ1) is 17.2. The summed E-state index contributed by atoms with van der Waals surface area (Å²) in [7, 11) is 0. The highest BCUT2D eigenvalue weighted by atomic mass is 32.1. The fourth-order valence-electron chi connectivity index (χ4n) is 2.75. The topological polar surface area (TPSA) is 100 Å². The summed E-state index contributed by atoms with van der Waals surface area (Å²) in [6.45, 7) is 1.28. The van der Waals surface area contributed by atoms with Crippen LogP contribution in [0.4, 0.5) is 16.2 Å². The van der Waals surface area contributed by atoms with Gasteiger partial charge in [-0.05, 0) is 35.7 Å². The first-order valence-corrected chi connectivity index (χ1v) is 9.44. The van der Waals surface area contributed by atoms with Gasteiger partial charge in [0.05, 0.1) is 0 Å². The van der Waals surface area contributed by atoms with Crippen LogP contribution < -0.4 is 15.5 Å². The molecule has 4 rings (SSSR count). The van der Waals surface area contributed by atoms with Crippen LogP contribution in [0.25, 0.3) is 11.4 Å². The van der Waals surface area contributed by atoms with E-state index in [9.17, 15) is 9.59 Å². The van der Waals surface area contributed by atoms with Crippen LogP contribution >= 0.6 is 11.3 Å². The average Bonchev–Trinajstić information content (AvgIpc) is 3.42. The van der Waals surface area contributed by atoms with Crippen molar-refractivity contribution < 1.29 is 14.1 Å². The molecule has 0 bridgehead atoms. The second-order valence-electron chi connectivity index (χ2n) is 6.00. The predicted octanol–water partition coefficient (Wildman–Crippen LogP) is 2.90. The van der Waals surface area contributed by atoms with Crippen molar-refractivity contribution in [3.05, 3.63) is 47.0 Å². The first-order valence-electron chi connectivity index (χ1n) is 8.49. The molecule has 0 spiro atoms. The van der Waals surface area contributed by atoms with E-state index in [-0.39, 0.29) is 18.4 Å². The quantitative estimate of drug-likeness (QED) is 0.682. The van der Waals surface area contributed by atoms with Crippen molar-refractivity contribution in [1.82, 2.24) is 15.5 Å². The third-order valence-corrected chi connectivity index (χ3v) is 4.82.